The monoisotopic (exact) mass is 399 g/mol. The van der Waals surface area contributed by atoms with E-state index in [-0.39, 0.29) is 6.04 Å². The van der Waals surface area contributed by atoms with Gasteiger partial charge in [-0.25, -0.2) is 0 Å². The summed E-state index contributed by atoms with van der Waals surface area (Å²) in [5, 5.41) is 19.0. The van der Waals surface area contributed by atoms with Crippen molar-refractivity contribution in [1.82, 2.24) is 29.6 Å². The molecule has 7 nitrogen and oxygen atoms in total. The molecule has 2 aliphatic rings. The zero-order chi connectivity index (χ0) is 19.4. The van der Waals surface area contributed by atoms with Crippen molar-refractivity contribution in [1.29, 1.82) is 0 Å². The predicted octanol–water partition coefficient (Wildman–Crippen LogP) is 4.16. The van der Waals surface area contributed by atoms with Crippen LogP contribution in [0.4, 0.5) is 5.82 Å². The highest BCUT2D eigenvalue weighted by molar-refractivity contribution is 6.30. The molecule has 0 spiro atoms. The molecule has 2 fully saturated rings. The Hall–Kier alpha value is -2.15. The molecule has 1 saturated carbocycles. The number of nitrogens with zero attached hydrogens (tertiary/aromatic N) is 7. The first-order valence-corrected chi connectivity index (χ1v) is 10.6. The lowest BCUT2D eigenvalue weighted by molar-refractivity contribution is 0.481. The van der Waals surface area contributed by atoms with Gasteiger partial charge in [0.25, 0.3) is 0 Å². The van der Waals surface area contributed by atoms with Crippen LogP contribution in [0.3, 0.4) is 0 Å². The Kier molecular flexibility index (Phi) is 4.30. The lowest BCUT2D eigenvalue weighted by Crippen LogP contribution is -2.25. The summed E-state index contributed by atoms with van der Waals surface area (Å²) < 4.78 is 3.88. The third-order valence-electron chi connectivity index (χ3n) is 5.74. The minimum Gasteiger partial charge on any atom is -0.348 e. The Morgan fingerprint density at radius 3 is 2.71 bits per heavy atom. The molecule has 5 rings (SSSR count). The molecular formula is C20H26ClN7. The van der Waals surface area contributed by atoms with Gasteiger partial charge in [-0.2, -0.15) is 9.61 Å². The predicted molar refractivity (Wildman–Crippen MR) is 109 cm³/mol. The second-order valence-corrected chi connectivity index (χ2v) is 8.87. The van der Waals surface area contributed by atoms with Crippen LogP contribution in [0, 0.1) is 12.8 Å². The molecule has 3 aromatic rings. The van der Waals surface area contributed by atoms with Gasteiger partial charge in [0, 0.05) is 24.6 Å². The number of rotatable bonds is 5. The van der Waals surface area contributed by atoms with Crippen LogP contribution in [0.1, 0.15) is 68.6 Å². The average Bonchev–Trinajstić information content (AvgIpc) is 3.13. The number of anilines is 1. The highest BCUT2D eigenvalue weighted by Gasteiger charge is 2.34. The zero-order valence-corrected chi connectivity index (χ0v) is 17.4. The van der Waals surface area contributed by atoms with E-state index in [2.05, 4.69) is 41.9 Å². The summed E-state index contributed by atoms with van der Waals surface area (Å²) in [6.45, 7) is 8.24. The highest BCUT2D eigenvalue weighted by Crippen LogP contribution is 2.41. The number of aryl methyl sites for hydroxylation is 1. The van der Waals surface area contributed by atoms with E-state index in [1.54, 1.807) is 0 Å². The smallest absolute Gasteiger partial charge is 0.178 e. The normalized spacial score (nSPS) is 20.0. The molecule has 8 heteroatoms. The van der Waals surface area contributed by atoms with Gasteiger partial charge >= 0.3 is 0 Å². The third kappa shape index (κ3) is 2.96. The van der Waals surface area contributed by atoms with E-state index in [4.69, 9.17) is 21.8 Å². The van der Waals surface area contributed by atoms with Crippen LogP contribution in [0.25, 0.3) is 5.65 Å². The van der Waals surface area contributed by atoms with E-state index in [9.17, 15) is 0 Å². The van der Waals surface area contributed by atoms with E-state index >= 15 is 0 Å². The van der Waals surface area contributed by atoms with Crippen molar-refractivity contribution in [2.45, 2.75) is 65.0 Å². The fraction of sp³-hybridized carbons (Fsp3) is 0.600. The van der Waals surface area contributed by atoms with Crippen LogP contribution in [0.5, 0.6) is 0 Å². The minimum atomic E-state index is 0.208. The second kappa shape index (κ2) is 6.72. The Morgan fingerprint density at radius 2 is 1.96 bits per heavy atom. The van der Waals surface area contributed by atoms with Gasteiger partial charge < -0.3 is 4.90 Å². The fourth-order valence-corrected chi connectivity index (χ4v) is 4.67. The summed E-state index contributed by atoms with van der Waals surface area (Å²) in [5.41, 5.74) is 2.99. The quantitative estimate of drug-likeness (QED) is 0.644. The van der Waals surface area contributed by atoms with Crippen LogP contribution in [0.2, 0.25) is 5.15 Å². The van der Waals surface area contributed by atoms with Gasteiger partial charge in [-0.05, 0) is 50.7 Å². The van der Waals surface area contributed by atoms with Gasteiger partial charge in [0.2, 0.25) is 0 Å². The van der Waals surface area contributed by atoms with E-state index in [0.29, 0.717) is 11.8 Å². The maximum atomic E-state index is 6.79. The first-order valence-electron chi connectivity index (χ1n) is 10.2. The SMILES string of the molecule is Cc1nn(CC(C)C)c(Cl)c1C1CCCN1c1ccc2nnc(C3CC3)n2n1. The molecule has 148 valence electrons. The maximum Gasteiger partial charge on any atom is 0.178 e. The molecule has 28 heavy (non-hydrogen) atoms. The maximum absolute atomic E-state index is 6.79. The van der Waals surface area contributed by atoms with E-state index in [1.807, 2.05) is 15.3 Å². The molecule has 0 radical (unpaired) electrons. The Labute approximate surface area is 169 Å². The standard InChI is InChI=1S/C20H26ClN7/c1-12(2)11-27-19(21)18(13(3)24-27)15-5-4-10-26(15)17-9-8-16-22-23-20(14-6-7-14)28(16)25-17/h8-9,12,14-15H,4-7,10-11H2,1-3H3. The van der Waals surface area contributed by atoms with Gasteiger partial charge in [0.05, 0.1) is 11.7 Å². The summed E-state index contributed by atoms with van der Waals surface area (Å²) in [6.07, 6.45) is 4.55. The summed E-state index contributed by atoms with van der Waals surface area (Å²) in [6, 6.07) is 4.29. The summed E-state index contributed by atoms with van der Waals surface area (Å²) in [7, 11) is 0. The van der Waals surface area contributed by atoms with Crippen LogP contribution in [-0.2, 0) is 6.54 Å². The Bertz CT molecular complexity index is 1020. The number of fused-ring (bicyclic) bond motifs is 1. The number of hydrogen-bond acceptors (Lipinski definition) is 5. The van der Waals surface area contributed by atoms with Gasteiger partial charge in [0.1, 0.15) is 11.0 Å². The van der Waals surface area contributed by atoms with Gasteiger partial charge in [0.15, 0.2) is 11.5 Å². The van der Waals surface area contributed by atoms with E-state index in [0.717, 1.165) is 59.6 Å². The summed E-state index contributed by atoms with van der Waals surface area (Å²) in [5.74, 6) is 2.97. The van der Waals surface area contributed by atoms with Gasteiger partial charge in [-0.15, -0.1) is 15.3 Å². The minimum absolute atomic E-state index is 0.208. The third-order valence-corrected chi connectivity index (χ3v) is 6.14. The lowest BCUT2D eigenvalue weighted by atomic mass is 10.1. The molecule has 1 atom stereocenters. The van der Waals surface area contributed by atoms with Gasteiger partial charge in [-0.1, -0.05) is 25.4 Å². The zero-order valence-electron chi connectivity index (χ0n) is 16.6. The molecule has 0 amide bonds. The van der Waals surface area contributed by atoms with Crippen molar-refractivity contribution in [2.24, 2.45) is 5.92 Å². The van der Waals surface area contributed by atoms with Crippen molar-refractivity contribution in [2.75, 3.05) is 11.4 Å². The molecule has 0 bridgehead atoms. The van der Waals surface area contributed by atoms with Crippen LogP contribution >= 0.6 is 11.6 Å². The Balaban J connectivity index is 1.52. The summed E-state index contributed by atoms with van der Waals surface area (Å²) in [4.78, 5) is 2.37. The summed E-state index contributed by atoms with van der Waals surface area (Å²) >= 11 is 6.79. The topological polar surface area (TPSA) is 64.1 Å². The lowest BCUT2D eigenvalue weighted by Gasteiger charge is -2.26. The van der Waals surface area contributed by atoms with Crippen molar-refractivity contribution >= 4 is 23.1 Å². The number of halogens is 1. The van der Waals surface area contributed by atoms with Crippen LogP contribution in [-0.4, -0.2) is 36.1 Å². The highest BCUT2D eigenvalue weighted by atomic mass is 35.5. The molecule has 1 aliphatic carbocycles. The average molecular weight is 400 g/mol. The molecule has 0 aromatic carbocycles. The van der Waals surface area contributed by atoms with Crippen molar-refractivity contribution in [3.05, 3.63) is 34.4 Å². The molecule has 1 aliphatic heterocycles. The number of hydrogen-bond donors (Lipinski definition) is 0. The molecule has 1 unspecified atom stereocenters. The molecule has 0 N–H and O–H groups in total. The van der Waals surface area contributed by atoms with Crippen LogP contribution in [0.15, 0.2) is 12.1 Å². The molecular weight excluding hydrogens is 374 g/mol. The molecule has 1 saturated heterocycles. The number of aromatic nitrogens is 6. The van der Waals surface area contributed by atoms with Crippen LogP contribution < -0.4 is 4.90 Å². The van der Waals surface area contributed by atoms with E-state index < -0.39 is 0 Å². The largest absolute Gasteiger partial charge is 0.348 e. The molecule has 4 heterocycles. The van der Waals surface area contributed by atoms with Crippen molar-refractivity contribution in [3.63, 3.8) is 0 Å². The first-order chi connectivity index (χ1) is 13.5. The van der Waals surface area contributed by atoms with E-state index in [1.165, 1.54) is 12.8 Å². The van der Waals surface area contributed by atoms with Crippen molar-refractivity contribution < 1.29 is 0 Å². The first kappa shape index (κ1) is 17.9. The fourth-order valence-electron chi connectivity index (χ4n) is 4.30. The van der Waals surface area contributed by atoms with Gasteiger partial charge in [-0.3, -0.25) is 4.68 Å². The Morgan fingerprint density at radius 1 is 1.14 bits per heavy atom. The molecule has 3 aromatic heterocycles. The van der Waals surface area contributed by atoms with Crippen molar-refractivity contribution in [3.8, 4) is 0 Å². The second-order valence-electron chi connectivity index (χ2n) is 8.51.